The highest BCUT2D eigenvalue weighted by Gasteiger charge is 2.43. The van der Waals surface area contributed by atoms with Crippen LogP contribution in [0.4, 0.5) is 4.79 Å². The Balaban J connectivity index is 1.31. The van der Waals surface area contributed by atoms with E-state index in [4.69, 9.17) is 4.74 Å². The van der Waals surface area contributed by atoms with Crippen molar-refractivity contribution in [1.29, 1.82) is 0 Å². The number of nitrogens with zero attached hydrogens (tertiary/aromatic N) is 1. The molecule has 29 heavy (non-hydrogen) atoms. The Labute approximate surface area is 170 Å². The van der Waals surface area contributed by atoms with Crippen molar-refractivity contribution in [2.45, 2.75) is 37.6 Å². The zero-order valence-corrected chi connectivity index (χ0v) is 16.3. The van der Waals surface area contributed by atoms with Gasteiger partial charge in [-0.3, -0.25) is 4.79 Å². The lowest BCUT2D eigenvalue weighted by molar-refractivity contribution is -0.143. The molecule has 1 amide bonds. The Hall–Kier alpha value is -2.82. The molecule has 5 nitrogen and oxygen atoms in total. The van der Waals surface area contributed by atoms with Crippen molar-refractivity contribution in [3.05, 3.63) is 59.7 Å². The number of carbonyl (C=O) groups excluding carboxylic acids is 1. The standard InChI is InChI=1S/C24H25NO4/c26-23(27)16-10-9-15-11-12-25(22(15)13-16)24(28)29-14-21-19-7-3-1-5-17(19)18-6-2-4-8-20(18)21/h1-8,15-16,21-22H,9-14H2,(H,26,27). The van der Waals surface area contributed by atoms with Crippen LogP contribution in [-0.4, -0.2) is 41.3 Å². The summed E-state index contributed by atoms with van der Waals surface area (Å²) >= 11 is 0. The molecule has 1 heterocycles. The minimum Gasteiger partial charge on any atom is -0.481 e. The first-order valence-corrected chi connectivity index (χ1v) is 10.5. The monoisotopic (exact) mass is 391 g/mol. The molecule has 2 aromatic rings. The highest BCUT2D eigenvalue weighted by Crippen LogP contribution is 2.45. The van der Waals surface area contributed by atoms with E-state index in [0.29, 0.717) is 25.5 Å². The second-order valence-corrected chi connectivity index (χ2v) is 8.46. The van der Waals surface area contributed by atoms with Crippen LogP contribution in [0.25, 0.3) is 11.1 Å². The Bertz CT molecular complexity index is 910. The summed E-state index contributed by atoms with van der Waals surface area (Å²) in [6.45, 7) is 0.974. The van der Waals surface area contributed by atoms with Crippen LogP contribution in [0.2, 0.25) is 0 Å². The molecule has 0 spiro atoms. The predicted octanol–water partition coefficient (Wildman–Crippen LogP) is 4.51. The minimum absolute atomic E-state index is 0.000463. The fourth-order valence-electron chi connectivity index (χ4n) is 5.53. The fourth-order valence-corrected chi connectivity index (χ4v) is 5.53. The summed E-state index contributed by atoms with van der Waals surface area (Å²) in [7, 11) is 0. The molecule has 0 radical (unpaired) electrons. The van der Waals surface area contributed by atoms with Gasteiger partial charge in [0.2, 0.25) is 0 Å². The molecule has 5 heteroatoms. The third-order valence-corrected chi connectivity index (χ3v) is 7.02. The van der Waals surface area contributed by atoms with Crippen molar-refractivity contribution in [2.24, 2.45) is 11.8 Å². The fraction of sp³-hybridized carbons (Fsp3) is 0.417. The van der Waals surface area contributed by atoms with Crippen molar-refractivity contribution in [1.82, 2.24) is 4.90 Å². The van der Waals surface area contributed by atoms with E-state index in [1.54, 1.807) is 4.90 Å². The maximum absolute atomic E-state index is 12.9. The molecule has 2 aromatic carbocycles. The minimum atomic E-state index is -0.747. The van der Waals surface area contributed by atoms with E-state index >= 15 is 0 Å². The third-order valence-electron chi connectivity index (χ3n) is 7.02. The molecule has 3 aliphatic rings. The van der Waals surface area contributed by atoms with Gasteiger partial charge in [0.15, 0.2) is 0 Å². The van der Waals surface area contributed by atoms with E-state index < -0.39 is 5.97 Å². The molecule has 2 fully saturated rings. The average Bonchev–Trinajstić information content (AvgIpc) is 3.31. The summed E-state index contributed by atoms with van der Waals surface area (Å²) in [4.78, 5) is 26.1. The number of rotatable bonds is 3. The van der Waals surface area contributed by atoms with Crippen molar-refractivity contribution < 1.29 is 19.4 Å². The van der Waals surface area contributed by atoms with E-state index in [1.165, 1.54) is 22.3 Å². The summed E-state index contributed by atoms with van der Waals surface area (Å²) < 4.78 is 5.81. The number of carboxylic acids is 1. The van der Waals surface area contributed by atoms with Gasteiger partial charge >= 0.3 is 12.1 Å². The second kappa shape index (κ2) is 7.21. The molecule has 1 saturated carbocycles. The van der Waals surface area contributed by atoms with E-state index in [1.807, 2.05) is 24.3 Å². The van der Waals surface area contributed by atoms with Gasteiger partial charge < -0.3 is 14.7 Å². The van der Waals surface area contributed by atoms with E-state index in [-0.39, 0.29) is 24.0 Å². The van der Waals surface area contributed by atoms with Crippen molar-refractivity contribution in [3.63, 3.8) is 0 Å². The SMILES string of the molecule is O=C(O)C1CCC2CCN(C(=O)OCC3c4ccccc4-c4ccccc43)C2C1. The van der Waals surface area contributed by atoms with Crippen LogP contribution in [0.5, 0.6) is 0 Å². The van der Waals surface area contributed by atoms with Crippen LogP contribution in [0.1, 0.15) is 42.7 Å². The van der Waals surface area contributed by atoms with Crippen molar-refractivity contribution >= 4 is 12.1 Å². The molecule has 2 aliphatic carbocycles. The number of benzene rings is 2. The summed E-state index contributed by atoms with van der Waals surface area (Å²) in [6, 6.07) is 16.6. The lowest BCUT2D eigenvalue weighted by Crippen LogP contribution is -2.43. The topological polar surface area (TPSA) is 66.8 Å². The second-order valence-electron chi connectivity index (χ2n) is 8.46. The Kier molecular flexibility index (Phi) is 4.53. The van der Waals surface area contributed by atoms with Crippen LogP contribution in [0, 0.1) is 11.8 Å². The number of hydrogen-bond donors (Lipinski definition) is 1. The van der Waals surface area contributed by atoms with Crippen LogP contribution in [0.15, 0.2) is 48.5 Å². The number of carbonyl (C=O) groups is 2. The van der Waals surface area contributed by atoms with Gasteiger partial charge in [0.25, 0.3) is 0 Å². The van der Waals surface area contributed by atoms with Crippen LogP contribution in [-0.2, 0) is 9.53 Å². The first-order valence-electron chi connectivity index (χ1n) is 10.5. The zero-order chi connectivity index (χ0) is 20.0. The Morgan fingerprint density at radius 1 is 0.966 bits per heavy atom. The highest BCUT2D eigenvalue weighted by atomic mass is 16.6. The van der Waals surface area contributed by atoms with Gasteiger partial charge in [-0.1, -0.05) is 48.5 Å². The van der Waals surface area contributed by atoms with Gasteiger partial charge in [-0.25, -0.2) is 4.79 Å². The van der Waals surface area contributed by atoms with Crippen molar-refractivity contribution in [3.8, 4) is 11.1 Å². The van der Waals surface area contributed by atoms with Gasteiger partial charge in [-0.05, 0) is 53.9 Å². The number of ether oxygens (including phenoxy) is 1. The number of fused-ring (bicyclic) bond motifs is 4. The van der Waals surface area contributed by atoms with Gasteiger partial charge in [0.05, 0.1) is 5.92 Å². The first kappa shape index (κ1) is 18.2. The molecule has 5 rings (SSSR count). The molecule has 0 bridgehead atoms. The Morgan fingerprint density at radius 3 is 2.28 bits per heavy atom. The van der Waals surface area contributed by atoms with E-state index in [2.05, 4.69) is 24.3 Å². The number of hydrogen-bond acceptors (Lipinski definition) is 3. The maximum atomic E-state index is 12.9. The molecule has 3 unspecified atom stereocenters. The predicted molar refractivity (Wildman–Crippen MR) is 109 cm³/mol. The van der Waals surface area contributed by atoms with Gasteiger partial charge in [-0.15, -0.1) is 0 Å². The number of amides is 1. The summed E-state index contributed by atoms with van der Waals surface area (Å²) in [5, 5.41) is 9.38. The quantitative estimate of drug-likeness (QED) is 0.836. The van der Waals surface area contributed by atoms with Gasteiger partial charge in [-0.2, -0.15) is 0 Å². The third kappa shape index (κ3) is 3.09. The number of likely N-dealkylation sites (tertiary alicyclic amines) is 1. The molecule has 1 N–H and O–H groups in total. The van der Waals surface area contributed by atoms with Crippen LogP contribution >= 0.6 is 0 Å². The largest absolute Gasteiger partial charge is 0.481 e. The lowest BCUT2D eigenvalue weighted by Gasteiger charge is -2.34. The summed E-state index contributed by atoms with van der Waals surface area (Å²) in [5.74, 6) is -0.643. The molecule has 3 atom stereocenters. The molecule has 150 valence electrons. The lowest BCUT2D eigenvalue weighted by atomic mass is 9.79. The zero-order valence-electron chi connectivity index (χ0n) is 16.3. The highest BCUT2D eigenvalue weighted by molar-refractivity contribution is 5.79. The number of carboxylic acid groups (broad SMARTS) is 1. The molecular weight excluding hydrogens is 366 g/mol. The van der Waals surface area contributed by atoms with Gasteiger partial charge in [0.1, 0.15) is 6.61 Å². The van der Waals surface area contributed by atoms with Crippen LogP contribution < -0.4 is 0 Å². The molecule has 1 saturated heterocycles. The van der Waals surface area contributed by atoms with E-state index in [9.17, 15) is 14.7 Å². The average molecular weight is 391 g/mol. The number of aliphatic carboxylic acids is 1. The van der Waals surface area contributed by atoms with E-state index in [0.717, 1.165) is 19.3 Å². The smallest absolute Gasteiger partial charge is 0.410 e. The molecular formula is C24H25NO4. The first-order chi connectivity index (χ1) is 14.1. The summed E-state index contributed by atoms with van der Waals surface area (Å²) in [5.41, 5.74) is 4.82. The normalized spacial score (nSPS) is 25.2. The Morgan fingerprint density at radius 2 is 1.62 bits per heavy atom. The van der Waals surface area contributed by atoms with Gasteiger partial charge in [0, 0.05) is 18.5 Å². The maximum Gasteiger partial charge on any atom is 0.410 e. The van der Waals surface area contributed by atoms with Crippen LogP contribution in [0.3, 0.4) is 0 Å². The molecule has 1 aliphatic heterocycles. The summed E-state index contributed by atoms with van der Waals surface area (Å²) in [6.07, 6.45) is 2.79. The van der Waals surface area contributed by atoms with Crippen molar-refractivity contribution in [2.75, 3.05) is 13.2 Å². The molecule has 0 aromatic heterocycles.